The molecule has 0 fully saturated rings. The van der Waals surface area contributed by atoms with Gasteiger partial charge in [-0.05, 0) is 31.9 Å². The Morgan fingerprint density at radius 1 is 1.22 bits per heavy atom. The number of carbonyl (C=O) groups is 1. The minimum Gasteiger partial charge on any atom is -0.321 e. The normalized spacial score (nSPS) is 10.4. The van der Waals surface area contributed by atoms with Gasteiger partial charge in [0.05, 0.1) is 0 Å². The molecule has 5 heteroatoms. The van der Waals surface area contributed by atoms with E-state index in [1.165, 1.54) is 0 Å². The number of para-hydroxylation sites is 1. The number of thiazole rings is 1. The Morgan fingerprint density at radius 2 is 1.83 bits per heavy atom. The van der Waals surface area contributed by atoms with E-state index in [0.717, 1.165) is 28.2 Å². The Morgan fingerprint density at radius 3 is 2.33 bits per heavy atom. The zero-order chi connectivity index (χ0) is 13.3. The third-order valence-electron chi connectivity index (χ3n) is 2.75. The Hall–Kier alpha value is -1.88. The molecule has 0 saturated carbocycles. The fourth-order valence-corrected chi connectivity index (χ4v) is 2.54. The number of rotatable bonds is 2. The molecule has 0 aliphatic rings. The minimum atomic E-state index is -0.242. The van der Waals surface area contributed by atoms with Crippen LogP contribution in [-0.4, -0.2) is 10.9 Å². The van der Waals surface area contributed by atoms with Gasteiger partial charge in [0, 0.05) is 11.4 Å². The van der Waals surface area contributed by atoms with Crippen molar-refractivity contribution in [3.8, 4) is 0 Å². The van der Waals surface area contributed by atoms with E-state index in [2.05, 4.69) is 10.3 Å². The summed E-state index contributed by atoms with van der Waals surface area (Å²) >= 11 is 0.930. The van der Waals surface area contributed by atoms with Crippen LogP contribution >= 0.6 is 11.3 Å². The monoisotopic (exact) mass is 262 g/mol. The summed E-state index contributed by atoms with van der Waals surface area (Å²) in [5.74, 6) is -0.242. The van der Waals surface area contributed by atoms with E-state index >= 15 is 0 Å². The van der Waals surface area contributed by atoms with Gasteiger partial charge in [0.2, 0.25) is 0 Å². The second kappa shape index (κ2) is 4.78. The fourth-order valence-electron chi connectivity index (χ4n) is 1.80. The number of hydrogen-bond donors (Lipinski definition) is 2. The third-order valence-corrected chi connectivity index (χ3v) is 3.73. The molecule has 0 aliphatic heterocycles. The van der Waals surface area contributed by atoms with E-state index in [0.29, 0.717) is 10.6 Å². The summed E-state index contributed by atoms with van der Waals surface area (Å²) in [7, 11) is 0. The molecular weight excluding hydrogens is 248 g/mol. The van der Waals surface area contributed by atoms with Crippen LogP contribution in [0.25, 0.3) is 0 Å². The molecular formula is C13H14N2O2S. The number of aromatic nitrogens is 1. The van der Waals surface area contributed by atoms with E-state index in [1.807, 2.05) is 32.0 Å². The first-order valence-corrected chi connectivity index (χ1v) is 6.38. The summed E-state index contributed by atoms with van der Waals surface area (Å²) in [4.78, 5) is 26.1. The first-order valence-electron chi connectivity index (χ1n) is 5.56. The highest BCUT2D eigenvalue weighted by Crippen LogP contribution is 2.21. The molecule has 0 spiro atoms. The van der Waals surface area contributed by atoms with Crippen LogP contribution in [0.1, 0.15) is 26.5 Å². The predicted molar refractivity (Wildman–Crippen MR) is 73.5 cm³/mol. The van der Waals surface area contributed by atoms with Gasteiger partial charge in [-0.1, -0.05) is 29.5 Å². The average molecular weight is 262 g/mol. The minimum absolute atomic E-state index is 0.209. The predicted octanol–water partition coefficient (Wildman–Crippen LogP) is 2.61. The van der Waals surface area contributed by atoms with Crippen molar-refractivity contribution in [2.45, 2.75) is 20.8 Å². The van der Waals surface area contributed by atoms with Crippen molar-refractivity contribution in [1.29, 1.82) is 0 Å². The molecule has 0 aliphatic carbocycles. The lowest BCUT2D eigenvalue weighted by Crippen LogP contribution is -2.13. The van der Waals surface area contributed by atoms with Gasteiger partial charge >= 0.3 is 4.87 Å². The van der Waals surface area contributed by atoms with Gasteiger partial charge in [-0.15, -0.1) is 0 Å². The van der Waals surface area contributed by atoms with Crippen molar-refractivity contribution in [1.82, 2.24) is 4.98 Å². The fraction of sp³-hybridized carbons (Fsp3) is 0.231. The molecule has 1 aromatic heterocycles. The summed E-state index contributed by atoms with van der Waals surface area (Å²) in [5.41, 5.74) is 3.42. The van der Waals surface area contributed by atoms with Gasteiger partial charge in [-0.3, -0.25) is 9.59 Å². The molecule has 1 amide bonds. The molecule has 2 rings (SSSR count). The Balaban J connectivity index is 2.32. The molecule has 94 valence electrons. The molecule has 4 nitrogen and oxygen atoms in total. The number of benzene rings is 1. The average Bonchev–Trinajstić information content (AvgIpc) is 2.63. The molecule has 0 atom stereocenters. The topological polar surface area (TPSA) is 62.0 Å². The van der Waals surface area contributed by atoms with Crippen LogP contribution in [0.4, 0.5) is 5.69 Å². The van der Waals surface area contributed by atoms with Gasteiger partial charge < -0.3 is 10.3 Å². The quantitative estimate of drug-likeness (QED) is 0.874. The second-order valence-electron chi connectivity index (χ2n) is 4.19. The van der Waals surface area contributed by atoms with Crippen molar-refractivity contribution >= 4 is 22.9 Å². The summed E-state index contributed by atoms with van der Waals surface area (Å²) in [6, 6.07) is 5.82. The third kappa shape index (κ3) is 2.36. The van der Waals surface area contributed by atoms with E-state index in [9.17, 15) is 9.59 Å². The Kier molecular flexibility index (Phi) is 3.34. The van der Waals surface area contributed by atoms with E-state index in [1.54, 1.807) is 6.92 Å². The number of carbonyl (C=O) groups excluding carboxylic acids is 1. The second-order valence-corrected chi connectivity index (χ2v) is 5.17. The molecule has 0 bridgehead atoms. The highest BCUT2D eigenvalue weighted by molar-refractivity contribution is 7.11. The summed E-state index contributed by atoms with van der Waals surface area (Å²) < 4.78 is 0. The maximum Gasteiger partial charge on any atom is 0.305 e. The molecule has 2 N–H and O–H groups in total. The molecule has 18 heavy (non-hydrogen) atoms. The Labute approximate surface area is 109 Å². The SMILES string of the molecule is Cc1cccc(C)c1NC(=O)c1sc(=O)[nH]c1C. The maximum atomic E-state index is 12.1. The lowest BCUT2D eigenvalue weighted by atomic mass is 10.1. The zero-order valence-electron chi connectivity index (χ0n) is 10.5. The van der Waals surface area contributed by atoms with Crippen LogP contribution in [0.5, 0.6) is 0 Å². The molecule has 0 unspecified atom stereocenters. The highest BCUT2D eigenvalue weighted by atomic mass is 32.1. The standard InChI is InChI=1S/C13H14N2O2S/c1-7-5-4-6-8(2)10(7)15-12(16)11-9(3)14-13(17)18-11/h4-6H,1-3H3,(H,14,17)(H,15,16). The first kappa shape index (κ1) is 12.6. The van der Waals surface area contributed by atoms with Gasteiger partial charge in [-0.25, -0.2) is 0 Å². The zero-order valence-corrected chi connectivity index (χ0v) is 11.3. The number of H-pyrrole nitrogens is 1. The summed E-state index contributed by atoms with van der Waals surface area (Å²) in [6.07, 6.45) is 0. The maximum absolute atomic E-state index is 12.1. The van der Waals surface area contributed by atoms with Crippen LogP contribution in [-0.2, 0) is 0 Å². The number of amides is 1. The van der Waals surface area contributed by atoms with Gasteiger partial charge in [0.15, 0.2) is 0 Å². The van der Waals surface area contributed by atoms with Crippen LogP contribution in [0.2, 0.25) is 0 Å². The summed E-state index contributed by atoms with van der Waals surface area (Å²) in [5, 5.41) is 2.86. The lowest BCUT2D eigenvalue weighted by molar-refractivity contribution is 0.102. The highest BCUT2D eigenvalue weighted by Gasteiger charge is 2.14. The van der Waals surface area contributed by atoms with Crippen molar-refractivity contribution < 1.29 is 4.79 Å². The molecule has 1 aromatic carbocycles. The van der Waals surface area contributed by atoms with Crippen LogP contribution < -0.4 is 10.2 Å². The van der Waals surface area contributed by atoms with E-state index in [4.69, 9.17) is 0 Å². The van der Waals surface area contributed by atoms with Crippen LogP contribution in [0.3, 0.4) is 0 Å². The molecule has 0 radical (unpaired) electrons. The van der Waals surface area contributed by atoms with E-state index < -0.39 is 0 Å². The van der Waals surface area contributed by atoms with E-state index in [-0.39, 0.29) is 10.8 Å². The largest absolute Gasteiger partial charge is 0.321 e. The van der Waals surface area contributed by atoms with Crippen molar-refractivity contribution in [3.05, 3.63) is 49.6 Å². The number of nitrogens with one attached hydrogen (secondary N) is 2. The van der Waals surface area contributed by atoms with Gasteiger partial charge in [0.1, 0.15) is 4.88 Å². The Bertz CT molecular complexity index is 635. The summed E-state index contributed by atoms with van der Waals surface area (Å²) in [6.45, 7) is 5.60. The van der Waals surface area contributed by atoms with Gasteiger partial charge in [0.25, 0.3) is 5.91 Å². The molecule has 2 aromatic rings. The number of aromatic amines is 1. The molecule has 1 heterocycles. The smallest absolute Gasteiger partial charge is 0.305 e. The van der Waals surface area contributed by atoms with Crippen LogP contribution in [0, 0.1) is 20.8 Å². The van der Waals surface area contributed by atoms with Crippen molar-refractivity contribution in [2.75, 3.05) is 5.32 Å². The van der Waals surface area contributed by atoms with Gasteiger partial charge in [-0.2, -0.15) is 0 Å². The first-order chi connectivity index (χ1) is 8.49. The van der Waals surface area contributed by atoms with Crippen molar-refractivity contribution in [3.63, 3.8) is 0 Å². The lowest BCUT2D eigenvalue weighted by Gasteiger charge is -2.10. The van der Waals surface area contributed by atoms with Crippen molar-refractivity contribution in [2.24, 2.45) is 0 Å². The number of hydrogen-bond acceptors (Lipinski definition) is 3. The van der Waals surface area contributed by atoms with Crippen LogP contribution in [0.15, 0.2) is 23.0 Å². The number of anilines is 1. The number of aryl methyl sites for hydroxylation is 3. The molecule has 0 saturated heterocycles.